The highest BCUT2D eigenvalue weighted by molar-refractivity contribution is 6.35. The summed E-state index contributed by atoms with van der Waals surface area (Å²) in [5, 5.41) is 2.48. The second kappa shape index (κ2) is 4.36. The molecule has 15 heavy (non-hydrogen) atoms. The van der Waals surface area contributed by atoms with Gasteiger partial charge < -0.3 is 9.15 Å². The molecule has 0 atom stereocenters. The number of ether oxygens (including phenoxy) is 1. The van der Waals surface area contributed by atoms with E-state index < -0.39 is 0 Å². The van der Waals surface area contributed by atoms with Gasteiger partial charge in [0.25, 0.3) is 0 Å². The van der Waals surface area contributed by atoms with Crippen LogP contribution in [0.15, 0.2) is 28.9 Å². The van der Waals surface area contributed by atoms with Gasteiger partial charge in [0.2, 0.25) is 0 Å². The zero-order valence-corrected chi connectivity index (χ0v) is 8.58. The molecular weight excluding hydrogens is 216 g/mol. The fraction of sp³-hybridized carbons (Fsp3) is 0.182. The van der Waals surface area contributed by atoms with Crippen molar-refractivity contribution >= 4 is 28.8 Å². The SMILES string of the molecule is O=[C]OCCc1occ2cccc(Cl)c12. The Morgan fingerprint density at radius 3 is 3.13 bits per heavy atom. The van der Waals surface area contributed by atoms with E-state index in [4.69, 9.17) is 16.0 Å². The summed E-state index contributed by atoms with van der Waals surface area (Å²) in [4.78, 5) is 9.86. The van der Waals surface area contributed by atoms with Crippen LogP contribution in [0.1, 0.15) is 5.76 Å². The lowest BCUT2D eigenvalue weighted by molar-refractivity contribution is 0.274. The topological polar surface area (TPSA) is 39.4 Å². The van der Waals surface area contributed by atoms with E-state index in [1.807, 2.05) is 12.1 Å². The van der Waals surface area contributed by atoms with Gasteiger partial charge in [-0.25, -0.2) is 4.79 Å². The van der Waals surface area contributed by atoms with Crippen LogP contribution in [-0.2, 0) is 16.0 Å². The largest absolute Gasteiger partial charge is 0.468 e. The van der Waals surface area contributed by atoms with Gasteiger partial charge >= 0.3 is 6.47 Å². The van der Waals surface area contributed by atoms with Gasteiger partial charge in [0.05, 0.1) is 17.9 Å². The first-order valence-electron chi connectivity index (χ1n) is 4.46. The van der Waals surface area contributed by atoms with E-state index in [1.54, 1.807) is 12.3 Å². The van der Waals surface area contributed by atoms with Crippen LogP contribution >= 0.6 is 11.6 Å². The molecule has 4 heteroatoms. The Labute approximate surface area is 91.6 Å². The van der Waals surface area contributed by atoms with Gasteiger partial charge in [-0.2, -0.15) is 0 Å². The molecule has 0 saturated heterocycles. The molecule has 0 fully saturated rings. The molecule has 0 aliphatic rings. The summed E-state index contributed by atoms with van der Waals surface area (Å²) in [7, 11) is 0. The first-order chi connectivity index (χ1) is 7.33. The molecule has 0 unspecified atom stereocenters. The predicted octanol–water partition coefficient (Wildman–Crippen LogP) is 2.71. The fourth-order valence-corrected chi connectivity index (χ4v) is 1.78. The minimum absolute atomic E-state index is 0.247. The molecule has 2 aromatic rings. The minimum Gasteiger partial charge on any atom is -0.468 e. The second-order valence-corrected chi connectivity index (χ2v) is 3.45. The van der Waals surface area contributed by atoms with E-state index in [0.717, 1.165) is 16.5 Å². The molecule has 77 valence electrons. The van der Waals surface area contributed by atoms with Crippen molar-refractivity contribution in [2.45, 2.75) is 6.42 Å². The lowest BCUT2D eigenvalue weighted by atomic mass is 10.1. The van der Waals surface area contributed by atoms with Crippen LogP contribution in [0.25, 0.3) is 10.8 Å². The van der Waals surface area contributed by atoms with Gasteiger partial charge in [-0.15, -0.1) is 0 Å². The van der Waals surface area contributed by atoms with Crippen LogP contribution in [0.5, 0.6) is 0 Å². The Morgan fingerprint density at radius 1 is 1.47 bits per heavy atom. The van der Waals surface area contributed by atoms with Crippen LogP contribution in [0.2, 0.25) is 5.02 Å². The molecule has 0 N–H and O–H groups in total. The summed E-state index contributed by atoms with van der Waals surface area (Å²) in [5.41, 5.74) is 0. The van der Waals surface area contributed by atoms with Crippen molar-refractivity contribution in [1.82, 2.24) is 0 Å². The number of rotatable bonds is 4. The standard InChI is InChI=1S/C11H8ClO3/c12-9-3-1-2-8-6-15-10(11(8)9)4-5-14-7-13/h1-3,6H,4-5H2. The average Bonchev–Trinajstić information content (AvgIpc) is 2.63. The van der Waals surface area contributed by atoms with Gasteiger partial charge in [0, 0.05) is 17.2 Å². The number of hydrogen-bond donors (Lipinski definition) is 0. The molecule has 0 spiro atoms. The zero-order chi connectivity index (χ0) is 10.7. The van der Waals surface area contributed by atoms with Gasteiger partial charge in [-0.1, -0.05) is 23.7 Å². The Bertz CT molecular complexity index is 476. The summed E-state index contributed by atoms with van der Waals surface area (Å²) in [6, 6.07) is 5.58. The summed E-state index contributed by atoms with van der Waals surface area (Å²) < 4.78 is 9.84. The van der Waals surface area contributed by atoms with Crippen molar-refractivity contribution < 1.29 is 13.9 Å². The van der Waals surface area contributed by atoms with Crippen LogP contribution in [0, 0.1) is 0 Å². The molecule has 1 aromatic heterocycles. The first-order valence-corrected chi connectivity index (χ1v) is 4.84. The van der Waals surface area contributed by atoms with Gasteiger partial charge in [-0.05, 0) is 6.07 Å². The Morgan fingerprint density at radius 2 is 2.33 bits per heavy atom. The van der Waals surface area contributed by atoms with Crippen molar-refractivity contribution in [3.8, 4) is 0 Å². The monoisotopic (exact) mass is 223 g/mol. The van der Waals surface area contributed by atoms with Crippen molar-refractivity contribution in [3.63, 3.8) is 0 Å². The highest BCUT2D eigenvalue weighted by atomic mass is 35.5. The number of hydrogen-bond acceptors (Lipinski definition) is 3. The van der Waals surface area contributed by atoms with Crippen molar-refractivity contribution in [3.05, 3.63) is 35.2 Å². The fourth-order valence-electron chi connectivity index (χ4n) is 1.50. The third-order valence-corrected chi connectivity index (χ3v) is 2.46. The highest BCUT2D eigenvalue weighted by Crippen LogP contribution is 2.28. The Kier molecular flexibility index (Phi) is 2.92. The van der Waals surface area contributed by atoms with E-state index in [-0.39, 0.29) is 6.61 Å². The minimum atomic E-state index is 0.247. The predicted molar refractivity (Wildman–Crippen MR) is 56.6 cm³/mol. The molecule has 0 saturated carbocycles. The maximum absolute atomic E-state index is 9.86. The summed E-state index contributed by atoms with van der Waals surface area (Å²) >= 11 is 6.04. The maximum Gasteiger partial charge on any atom is 0.417 e. The Balaban J connectivity index is 2.31. The van der Waals surface area contributed by atoms with Crippen molar-refractivity contribution in [2.75, 3.05) is 6.61 Å². The smallest absolute Gasteiger partial charge is 0.417 e. The zero-order valence-electron chi connectivity index (χ0n) is 7.83. The quantitative estimate of drug-likeness (QED) is 0.749. The number of benzene rings is 1. The molecule has 1 heterocycles. The summed E-state index contributed by atoms with van der Waals surface area (Å²) in [6.45, 7) is 1.62. The molecule has 3 nitrogen and oxygen atoms in total. The van der Waals surface area contributed by atoms with Crippen molar-refractivity contribution in [2.24, 2.45) is 0 Å². The van der Waals surface area contributed by atoms with E-state index in [2.05, 4.69) is 4.74 Å². The molecule has 0 aliphatic heterocycles. The molecule has 0 bridgehead atoms. The molecule has 1 radical (unpaired) electrons. The van der Waals surface area contributed by atoms with Gasteiger partial charge in [0.1, 0.15) is 5.76 Å². The summed E-state index contributed by atoms with van der Waals surface area (Å²) in [6.07, 6.45) is 2.14. The molecule has 1 aromatic carbocycles. The molecule has 0 amide bonds. The lowest BCUT2D eigenvalue weighted by Gasteiger charge is -1.98. The van der Waals surface area contributed by atoms with Crippen LogP contribution in [0.3, 0.4) is 0 Å². The first kappa shape index (κ1) is 10.1. The number of furan rings is 1. The number of fused-ring (bicyclic) bond motifs is 1. The second-order valence-electron chi connectivity index (χ2n) is 3.04. The maximum atomic E-state index is 9.86. The third kappa shape index (κ3) is 1.97. The summed E-state index contributed by atoms with van der Waals surface area (Å²) in [5.74, 6) is 0.728. The van der Waals surface area contributed by atoms with Crippen LogP contribution < -0.4 is 0 Å². The Hall–Kier alpha value is -1.48. The van der Waals surface area contributed by atoms with Gasteiger partial charge in [0.15, 0.2) is 0 Å². The van der Waals surface area contributed by atoms with Crippen LogP contribution in [0.4, 0.5) is 0 Å². The average molecular weight is 224 g/mol. The van der Waals surface area contributed by atoms with E-state index in [9.17, 15) is 4.79 Å². The van der Waals surface area contributed by atoms with Crippen molar-refractivity contribution in [1.29, 1.82) is 0 Å². The molecular formula is C11H8ClO3. The van der Waals surface area contributed by atoms with E-state index >= 15 is 0 Å². The third-order valence-electron chi connectivity index (χ3n) is 2.14. The lowest BCUT2D eigenvalue weighted by Crippen LogP contribution is -1.95. The number of carbonyl (C=O) groups excluding carboxylic acids is 1. The van der Waals surface area contributed by atoms with E-state index in [0.29, 0.717) is 11.4 Å². The number of halogens is 1. The van der Waals surface area contributed by atoms with E-state index in [1.165, 1.54) is 6.47 Å². The van der Waals surface area contributed by atoms with Gasteiger partial charge in [-0.3, -0.25) is 0 Å². The molecule has 0 aliphatic carbocycles. The molecule has 2 rings (SSSR count). The highest BCUT2D eigenvalue weighted by Gasteiger charge is 2.09. The van der Waals surface area contributed by atoms with Crippen LogP contribution in [-0.4, -0.2) is 13.1 Å². The normalized spacial score (nSPS) is 10.5.